The summed E-state index contributed by atoms with van der Waals surface area (Å²) in [6.45, 7) is 0. The van der Waals surface area contributed by atoms with Crippen molar-refractivity contribution >= 4 is 22.5 Å². The molecule has 6 heteroatoms. The Hall–Kier alpha value is 0.160. The van der Waals surface area contributed by atoms with Gasteiger partial charge in [0.05, 0.1) is 5.75 Å². The van der Waals surface area contributed by atoms with Gasteiger partial charge in [0.1, 0.15) is 0 Å². The summed E-state index contributed by atoms with van der Waals surface area (Å²) in [4.78, 5) is 0. The highest BCUT2D eigenvalue weighted by molar-refractivity contribution is 7.85. The Balaban J connectivity index is 0.00000121. The number of nitrogens with two attached hydrogens (primary N) is 1. The first kappa shape index (κ1) is 12.2. The summed E-state index contributed by atoms with van der Waals surface area (Å²) in [7, 11) is -3.79. The van der Waals surface area contributed by atoms with Gasteiger partial charge in [0, 0.05) is 6.04 Å². The molecule has 1 fully saturated rings. The molecule has 3 N–H and O–H groups in total. The standard InChI is InChI=1S/C6H13NO3S.ClH/c7-6-2-1-5(3-6)4-11(8,9)10;/h5-6H,1-4,7H2,(H,8,9,10);1H. The average molecular weight is 216 g/mol. The third-order valence-corrected chi connectivity index (χ3v) is 2.92. The Labute approximate surface area is 78.7 Å². The van der Waals surface area contributed by atoms with Crippen LogP contribution < -0.4 is 5.73 Å². The lowest BCUT2D eigenvalue weighted by Crippen LogP contribution is -2.18. The summed E-state index contributed by atoms with van der Waals surface area (Å²) < 4.78 is 29.3. The highest BCUT2D eigenvalue weighted by Gasteiger charge is 2.25. The molecule has 0 saturated heterocycles. The minimum atomic E-state index is -3.79. The SMILES string of the molecule is Cl.NC1CCC(CS(=O)(=O)O)C1. The number of hydrogen-bond acceptors (Lipinski definition) is 3. The van der Waals surface area contributed by atoms with Gasteiger partial charge in [-0.3, -0.25) is 4.55 Å². The van der Waals surface area contributed by atoms with Crippen LogP contribution in [0.25, 0.3) is 0 Å². The van der Waals surface area contributed by atoms with Gasteiger partial charge in [0.15, 0.2) is 0 Å². The van der Waals surface area contributed by atoms with Gasteiger partial charge in [-0.1, -0.05) is 0 Å². The van der Waals surface area contributed by atoms with Gasteiger partial charge in [0.25, 0.3) is 10.1 Å². The minimum absolute atomic E-state index is 0. The second-order valence-electron chi connectivity index (χ2n) is 3.19. The van der Waals surface area contributed by atoms with Gasteiger partial charge >= 0.3 is 0 Å². The van der Waals surface area contributed by atoms with Crippen LogP contribution in [0.3, 0.4) is 0 Å². The van der Waals surface area contributed by atoms with Crippen LogP contribution in [0, 0.1) is 5.92 Å². The first-order valence-corrected chi connectivity index (χ1v) is 5.29. The molecule has 0 aromatic carbocycles. The van der Waals surface area contributed by atoms with Crippen LogP contribution in [-0.4, -0.2) is 24.8 Å². The first-order valence-electron chi connectivity index (χ1n) is 3.68. The van der Waals surface area contributed by atoms with E-state index < -0.39 is 10.1 Å². The number of rotatable bonds is 2. The molecule has 2 unspecified atom stereocenters. The molecule has 1 aliphatic carbocycles. The zero-order chi connectivity index (χ0) is 8.48. The Bertz CT molecular complexity index is 229. The van der Waals surface area contributed by atoms with Crippen molar-refractivity contribution in [1.82, 2.24) is 0 Å². The Morgan fingerprint density at radius 1 is 1.42 bits per heavy atom. The molecule has 1 rings (SSSR count). The smallest absolute Gasteiger partial charge is 0.265 e. The molecule has 0 spiro atoms. The van der Waals surface area contributed by atoms with Crippen molar-refractivity contribution < 1.29 is 13.0 Å². The first-order chi connectivity index (χ1) is 4.97. The van der Waals surface area contributed by atoms with Crippen molar-refractivity contribution in [3.63, 3.8) is 0 Å². The maximum absolute atomic E-state index is 10.4. The lowest BCUT2D eigenvalue weighted by molar-refractivity contribution is 0.464. The number of hydrogen-bond donors (Lipinski definition) is 2. The minimum Gasteiger partial charge on any atom is -0.328 e. The molecule has 0 aromatic heterocycles. The number of halogens is 1. The third kappa shape index (κ3) is 4.25. The molecule has 0 bridgehead atoms. The Morgan fingerprint density at radius 2 is 2.00 bits per heavy atom. The van der Waals surface area contributed by atoms with Crippen LogP contribution in [0.4, 0.5) is 0 Å². The summed E-state index contributed by atoms with van der Waals surface area (Å²) in [6.07, 6.45) is 2.42. The van der Waals surface area contributed by atoms with Crippen molar-refractivity contribution in [2.24, 2.45) is 11.7 Å². The van der Waals surface area contributed by atoms with Crippen molar-refractivity contribution in [1.29, 1.82) is 0 Å². The van der Waals surface area contributed by atoms with E-state index in [0.717, 1.165) is 19.3 Å². The summed E-state index contributed by atoms with van der Waals surface area (Å²) in [5.74, 6) is -0.0549. The fourth-order valence-corrected chi connectivity index (χ4v) is 2.46. The van der Waals surface area contributed by atoms with Gasteiger partial charge < -0.3 is 5.73 Å². The highest BCUT2D eigenvalue weighted by Crippen LogP contribution is 2.24. The molecular weight excluding hydrogens is 202 g/mol. The fraction of sp³-hybridized carbons (Fsp3) is 1.00. The van der Waals surface area contributed by atoms with Crippen LogP contribution in [0.15, 0.2) is 0 Å². The van der Waals surface area contributed by atoms with E-state index in [0.29, 0.717) is 0 Å². The summed E-state index contributed by atoms with van der Waals surface area (Å²) in [5, 5.41) is 0. The molecule has 0 aromatic rings. The average Bonchev–Trinajstić information content (AvgIpc) is 2.10. The van der Waals surface area contributed by atoms with Gasteiger partial charge in [0.2, 0.25) is 0 Å². The fourth-order valence-electron chi connectivity index (χ4n) is 1.56. The molecule has 1 saturated carbocycles. The van der Waals surface area contributed by atoms with Crippen molar-refractivity contribution in [3.8, 4) is 0 Å². The normalized spacial score (nSPS) is 29.8. The summed E-state index contributed by atoms with van der Waals surface area (Å²) in [5.41, 5.74) is 5.57. The van der Waals surface area contributed by atoms with E-state index >= 15 is 0 Å². The lowest BCUT2D eigenvalue weighted by atomic mass is 10.1. The van der Waals surface area contributed by atoms with Crippen LogP contribution in [0.1, 0.15) is 19.3 Å². The topological polar surface area (TPSA) is 80.4 Å². The van der Waals surface area contributed by atoms with Crippen LogP contribution in [0.5, 0.6) is 0 Å². The molecule has 2 atom stereocenters. The van der Waals surface area contributed by atoms with E-state index in [1.807, 2.05) is 0 Å². The molecule has 0 amide bonds. The molecule has 74 valence electrons. The van der Waals surface area contributed by atoms with E-state index in [2.05, 4.69) is 0 Å². The predicted octanol–water partition coefficient (Wildman–Crippen LogP) is 0.423. The largest absolute Gasteiger partial charge is 0.328 e. The van der Waals surface area contributed by atoms with Gasteiger partial charge in [-0.25, -0.2) is 0 Å². The van der Waals surface area contributed by atoms with Gasteiger partial charge in [-0.05, 0) is 25.2 Å². The van der Waals surface area contributed by atoms with E-state index in [1.54, 1.807) is 0 Å². The molecule has 0 heterocycles. The predicted molar refractivity (Wildman–Crippen MR) is 49.0 cm³/mol. The maximum atomic E-state index is 10.4. The lowest BCUT2D eigenvalue weighted by Gasteiger charge is -2.05. The van der Waals surface area contributed by atoms with Crippen molar-refractivity contribution in [2.45, 2.75) is 25.3 Å². The van der Waals surface area contributed by atoms with Gasteiger partial charge in [-0.2, -0.15) is 8.42 Å². The summed E-state index contributed by atoms with van der Waals surface area (Å²) in [6, 6.07) is 0.127. The maximum Gasteiger partial charge on any atom is 0.265 e. The van der Waals surface area contributed by atoms with Crippen LogP contribution in [0.2, 0.25) is 0 Å². The monoisotopic (exact) mass is 215 g/mol. The van der Waals surface area contributed by atoms with Crippen molar-refractivity contribution in [3.05, 3.63) is 0 Å². The second-order valence-corrected chi connectivity index (χ2v) is 4.68. The molecule has 0 aliphatic heterocycles. The van der Waals surface area contributed by atoms with E-state index in [1.165, 1.54) is 0 Å². The zero-order valence-electron chi connectivity index (χ0n) is 6.64. The zero-order valence-corrected chi connectivity index (χ0v) is 8.27. The van der Waals surface area contributed by atoms with Crippen LogP contribution >= 0.6 is 12.4 Å². The third-order valence-electron chi connectivity index (χ3n) is 2.03. The summed E-state index contributed by atoms with van der Waals surface area (Å²) >= 11 is 0. The van der Waals surface area contributed by atoms with Gasteiger partial charge in [-0.15, -0.1) is 12.4 Å². The highest BCUT2D eigenvalue weighted by atomic mass is 35.5. The molecular formula is C6H14ClNO3S. The molecule has 12 heavy (non-hydrogen) atoms. The van der Waals surface area contributed by atoms with Crippen LogP contribution in [-0.2, 0) is 10.1 Å². The Morgan fingerprint density at radius 3 is 2.33 bits per heavy atom. The quantitative estimate of drug-likeness (QED) is 0.655. The van der Waals surface area contributed by atoms with E-state index in [4.69, 9.17) is 10.3 Å². The van der Waals surface area contributed by atoms with Crippen molar-refractivity contribution in [2.75, 3.05) is 5.75 Å². The molecule has 4 nitrogen and oxygen atoms in total. The molecule has 1 aliphatic rings. The van der Waals surface area contributed by atoms with E-state index in [-0.39, 0.29) is 30.1 Å². The Kier molecular flexibility index (Phi) is 4.47. The molecule has 0 radical (unpaired) electrons. The second kappa shape index (κ2) is 4.41. The van der Waals surface area contributed by atoms with E-state index in [9.17, 15) is 8.42 Å².